The Morgan fingerprint density at radius 2 is 2.06 bits per heavy atom. The summed E-state index contributed by atoms with van der Waals surface area (Å²) in [4.78, 5) is 12.8. The van der Waals surface area contributed by atoms with E-state index < -0.39 is 10.0 Å². The summed E-state index contributed by atoms with van der Waals surface area (Å²) >= 11 is 6.25. The van der Waals surface area contributed by atoms with Crippen molar-refractivity contribution in [1.29, 1.82) is 0 Å². The summed E-state index contributed by atoms with van der Waals surface area (Å²) in [5.41, 5.74) is 5.32. The molecule has 9 nitrogen and oxygen atoms in total. The Hall–Kier alpha value is -3.21. The van der Waals surface area contributed by atoms with Crippen molar-refractivity contribution in [2.45, 2.75) is 19.4 Å². The largest absolute Gasteiger partial charge is 0.505 e. The van der Waals surface area contributed by atoms with E-state index in [1.807, 2.05) is 18.2 Å². The zero-order valence-corrected chi connectivity index (χ0v) is 19.1. The van der Waals surface area contributed by atoms with Gasteiger partial charge in [-0.25, -0.2) is 28.5 Å². The normalized spacial score (nSPS) is 13.0. The van der Waals surface area contributed by atoms with Gasteiger partial charge in [-0.2, -0.15) is 0 Å². The maximum Gasteiger partial charge on any atom is 0.223 e. The number of anilines is 1. The maximum absolute atomic E-state index is 11.1. The predicted molar refractivity (Wildman–Crippen MR) is 127 cm³/mol. The van der Waals surface area contributed by atoms with Crippen LogP contribution >= 0.6 is 11.6 Å². The fraction of sp³-hybridized carbons (Fsp3) is 0.227. The molecule has 0 spiro atoms. The molecule has 0 amide bonds. The topological polar surface area (TPSA) is 136 Å². The van der Waals surface area contributed by atoms with E-state index in [-0.39, 0.29) is 18.0 Å². The first-order valence-corrected chi connectivity index (χ1v) is 12.4. The van der Waals surface area contributed by atoms with E-state index >= 15 is 0 Å². The smallest absolute Gasteiger partial charge is 0.223 e. The summed E-state index contributed by atoms with van der Waals surface area (Å²) in [5.74, 6) is 0.316. The van der Waals surface area contributed by atoms with Gasteiger partial charge in [-0.15, -0.1) is 0 Å². The molecule has 4 N–H and O–H groups in total. The highest BCUT2D eigenvalue weighted by Crippen LogP contribution is 2.41. The van der Waals surface area contributed by atoms with Crippen molar-refractivity contribution in [3.63, 3.8) is 0 Å². The highest BCUT2D eigenvalue weighted by molar-refractivity contribution is 7.89. The number of aromatic nitrogens is 4. The number of hydrogen-bond donors (Lipinski definition) is 3. The van der Waals surface area contributed by atoms with Gasteiger partial charge >= 0.3 is 0 Å². The first-order valence-electron chi connectivity index (χ1n) is 10.3. The number of pyridine rings is 1. The molecule has 4 heterocycles. The van der Waals surface area contributed by atoms with Crippen LogP contribution in [-0.4, -0.2) is 45.3 Å². The number of rotatable bonds is 7. The Bertz CT molecular complexity index is 1490. The average molecular weight is 485 g/mol. The van der Waals surface area contributed by atoms with Crippen LogP contribution in [0.1, 0.15) is 16.8 Å². The van der Waals surface area contributed by atoms with E-state index in [2.05, 4.69) is 30.9 Å². The molecule has 1 aliphatic heterocycles. The number of nitrogens with two attached hydrogens (primary N) is 1. The van der Waals surface area contributed by atoms with Gasteiger partial charge in [0.05, 0.1) is 22.7 Å². The molecule has 0 bridgehead atoms. The molecule has 0 saturated carbocycles. The van der Waals surface area contributed by atoms with E-state index in [1.54, 1.807) is 18.5 Å². The number of nitrogens with one attached hydrogen (secondary N) is 1. The first-order chi connectivity index (χ1) is 15.8. The standard InChI is InChI=1S/C22H21ClN6O3S/c23-21-14(2-1-5-25-21)12-18-20(30)16-11-15(10-13-4-8-29(18)19(13)16)17-3-6-26-22(28-17)27-7-9-33(24,31)32/h1-3,5-6,10-11,30H,4,7-9,12H2,(H2,24,31,32)(H,26,27,28). The number of aromatic hydroxyl groups is 1. The lowest BCUT2D eigenvalue weighted by Crippen LogP contribution is -2.22. The van der Waals surface area contributed by atoms with Crippen molar-refractivity contribution in [2.24, 2.45) is 5.14 Å². The van der Waals surface area contributed by atoms with Crippen LogP contribution in [0.5, 0.6) is 5.75 Å². The van der Waals surface area contributed by atoms with Crippen LogP contribution < -0.4 is 10.5 Å². The third kappa shape index (κ3) is 4.24. The van der Waals surface area contributed by atoms with Gasteiger partial charge < -0.3 is 15.0 Å². The Morgan fingerprint density at radius 3 is 2.85 bits per heavy atom. The van der Waals surface area contributed by atoms with Crippen molar-refractivity contribution >= 4 is 38.5 Å². The van der Waals surface area contributed by atoms with Gasteiger partial charge in [0.1, 0.15) is 10.9 Å². The maximum atomic E-state index is 11.1. The van der Waals surface area contributed by atoms with Crippen LogP contribution in [0.4, 0.5) is 5.95 Å². The fourth-order valence-electron chi connectivity index (χ4n) is 4.25. The summed E-state index contributed by atoms with van der Waals surface area (Å²) in [7, 11) is -3.57. The third-order valence-corrected chi connectivity index (χ3v) is 6.85. The number of aryl methyl sites for hydroxylation is 2. The minimum atomic E-state index is -3.57. The van der Waals surface area contributed by atoms with Gasteiger partial charge in [0.2, 0.25) is 16.0 Å². The van der Waals surface area contributed by atoms with Crippen LogP contribution in [-0.2, 0) is 29.4 Å². The van der Waals surface area contributed by atoms with E-state index in [0.717, 1.165) is 46.3 Å². The quantitative estimate of drug-likeness (QED) is 0.343. The SMILES string of the molecule is NS(=O)(=O)CCNc1nccc(-c2cc3c4c(c2)c(O)c(Cc2cccnc2Cl)n4CC3)n1. The first kappa shape index (κ1) is 21.6. The van der Waals surface area contributed by atoms with E-state index in [4.69, 9.17) is 16.7 Å². The summed E-state index contributed by atoms with van der Waals surface area (Å²) in [6, 6.07) is 9.51. The number of sulfonamides is 1. The second-order valence-corrected chi connectivity index (χ2v) is 10.0. The van der Waals surface area contributed by atoms with Crippen molar-refractivity contribution in [3.05, 3.63) is 64.7 Å². The molecule has 0 aliphatic carbocycles. The van der Waals surface area contributed by atoms with Crippen molar-refractivity contribution in [1.82, 2.24) is 19.5 Å². The van der Waals surface area contributed by atoms with E-state index in [9.17, 15) is 13.5 Å². The minimum Gasteiger partial charge on any atom is -0.505 e. The fourth-order valence-corrected chi connectivity index (χ4v) is 4.82. The molecule has 1 aliphatic rings. The summed E-state index contributed by atoms with van der Waals surface area (Å²) in [6.07, 6.45) is 4.57. The molecule has 1 aromatic carbocycles. The molecule has 0 fully saturated rings. The molecule has 170 valence electrons. The molecule has 3 aromatic heterocycles. The van der Waals surface area contributed by atoms with Crippen LogP contribution in [0.15, 0.2) is 42.7 Å². The second kappa shape index (κ2) is 8.29. The molecule has 0 radical (unpaired) electrons. The highest BCUT2D eigenvalue weighted by Gasteiger charge is 2.25. The third-order valence-electron chi connectivity index (χ3n) is 5.73. The Kier molecular flexibility index (Phi) is 5.43. The van der Waals surface area contributed by atoms with Gasteiger partial charge in [-0.05, 0) is 41.8 Å². The number of hydrogen-bond acceptors (Lipinski definition) is 7. The van der Waals surface area contributed by atoms with E-state index in [1.165, 1.54) is 0 Å². The molecule has 33 heavy (non-hydrogen) atoms. The summed E-state index contributed by atoms with van der Waals surface area (Å²) < 4.78 is 24.4. The summed E-state index contributed by atoms with van der Waals surface area (Å²) in [6.45, 7) is 0.879. The summed E-state index contributed by atoms with van der Waals surface area (Å²) in [5, 5.41) is 20.2. The lowest BCUT2D eigenvalue weighted by atomic mass is 10.0. The Labute approximate surface area is 195 Å². The molecule has 4 aromatic rings. The monoisotopic (exact) mass is 484 g/mol. The van der Waals surface area contributed by atoms with Crippen LogP contribution in [0, 0.1) is 0 Å². The molecule has 0 saturated heterocycles. The number of nitrogens with zero attached hydrogens (tertiary/aromatic N) is 4. The Balaban J connectivity index is 1.50. The van der Waals surface area contributed by atoms with E-state index in [0.29, 0.717) is 23.2 Å². The zero-order chi connectivity index (χ0) is 23.2. The lowest BCUT2D eigenvalue weighted by Gasteiger charge is -2.08. The van der Waals surface area contributed by atoms with Crippen LogP contribution in [0.3, 0.4) is 0 Å². The highest BCUT2D eigenvalue weighted by atomic mass is 35.5. The molecule has 11 heteroatoms. The number of benzene rings is 1. The number of halogens is 1. The molecule has 0 atom stereocenters. The lowest BCUT2D eigenvalue weighted by molar-refractivity contribution is 0.470. The van der Waals surface area contributed by atoms with Gasteiger partial charge in [-0.1, -0.05) is 17.7 Å². The van der Waals surface area contributed by atoms with Gasteiger partial charge in [0, 0.05) is 42.9 Å². The average Bonchev–Trinajstić information content (AvgIpc) is 3.31. The predicted octanol–water partition coefficient (Wildman–Crippen LogP) is 2.70. The minimum absolute atomic E-state index is 0.108. The molecule has 0 unspecified atom stereocenters. The Morgan fingerprint density at radius 1 is 1.21 bits per heavy atom. The van der Waals surface area contributed by atoms with Gasteiger partial charge in [0.25, 0.3) is 0 Å². The molecule has 5 rings (SSSR count). The van der Waals surface area contributed by atoms with Crippen molar-refractivity contribution in [3.8, 4) is 17.0 Å². The van der Waals surface area contributed by atoms with Crippen molar-refractivity contribution < 1.29 is 13.5 Å². The second-order valence-electron chi connectivity index (χ2n) is 7.92. The zero-order valence-electron chi connectivity index (χ0n) is 17.5. The van der Waals surface area contributed by atoms with Gasteiger partial charge in [-0.3, -0.25) is 0 Å². The molecular weight excluding hydrogens is 464 g/mol. The van der Waals surface area contributed by atoms with Crippen molar-refractivity contribution in [2.75, 3.05) is 17.6 Å². The molecular formula is C22H21ClN6O3S. The van der Waals surface area contributed by atoms with Gasteiger partial charge in [0.15, 0.2) is 0 Å². The number of primary sulfonamides is 1. The van der Waals surface area contributed by atoms with Crippen LogP contribution in [0.2, 0.25) is 5.15 Å². The van der Waals surface area contributed by atoms with Crippen LogP contribution in [0.25, 0.3) is 22.2 Å².